The number of ether oxygens (including phenoxy) is 1. The van der Waals surface area contributed by atoms with Gasteiger partial charge in [-0.05, 0) is 35.2 Å². The number of H-pyrrole nitrogens is 1. The third kappa shape index (κ3) is 4.58. The summed E-state index contributed by atoms with van der Waals surface area (Å²) < 4.78 is 5.44. The number of carboxylic acids is 1. The molecule has 7 heteroatoms. The van der Waals surface area contributed by atoms with E-state index >= 15 is 0 Å². The fourth-order valence-electron chi connectivity index (χ4n) is 6.21. The van der Waals surface area contributed by atoms with Gasteiger partial charge in [0.25, 0.3) is 5.91 Å². The highest BCUT2D eigenvalue weighted by Gasteiger charge is 2.45. The molecule has 1 unspecified atom stereocenters. The second-order valence-electron chi connectivity index (χ2n) is 11.0. The maximum atomic E-state index is 14.0. The smallest absolute Gasteiger partial charge is 0.339 e. The molecule has 1 saturated heterocycles. The summed E-state index contributed by atoms with van der Waals surface area (Å²) >= 11 is 0. The Morgan fingerprint density at radius 2 is 1.76 bits per heavy atom. The van der Waals surface area contributed by atoms with Crippen LogP contribution in [-0.4, -0.2) is 64.1 Å². The molecule has 7 nitrogen and oxygen atoms in total. The molecule has 5 rings (SSSR count). The number of nitrogens with one attached hydrogen (secondary N) is 1. The van der Waals surface area contributed by atoms with Crippen LogP contribution in [0.25, 0.3) is 16.5 Å². The highest BCUT2D eigenvalue weighted by Crippen LogP contribution is 2.45. The number of nitrogens with zero attached hydrogens (tertiary/aromatic N) is 2. The van der Waals surface area contributed by atoms with E-state index in [0.717, 1.165) is 54.9 Å². The van der Waals surface area contributed by atoms with Crippen LogP contribution in [0, 0.1) is 5.92 Å². The van der Waals surface area contributed by atoms with Crippen molar-refractivity contribution >= 4 is 28.4 Å². The average molecular weight is 502 g/mol. The molecule has 2 aliphatic heterocycles. The molecular formula is C30H35N3O4. The van der Waals surface area contributed by atoms with Crippen LogP contribution in [0.15, 0.2) is 54.7 Å². The SMILES string of the molecule is CC(C)C1N(C(=O)c2ccc(CN3CCOCC3)cc2)C=C(C(=O)O)c2[nH]c3ccccc3c2C1(C)C. The first kappa shape index (κ1) is 25.2. The number of carbonyl (C=O) groups is 2. The van der Waals surface area contributed by atoms with Crippen LogP contribution in [0.1, 0.15) is 54.9 Å². The van der Waals surface area contributed by atoms with Gasteiger partial charge < -0.3 is 19.7 Å². The molecule has 0 bridgehead atoms. The van der Waals surface area contributed by atoms with Crippen LogP contribution in [0.5, 0.6) is 0 Å². The van der Waals surface area contributed by atoms with Gasteiger partial charge in [-0.25, -0.2) is 4.79 Å². The predicted molar refractivity (Wildman–Crippen MR) is 144 cm³/mol. The number of aromatic amines is 1. The highest BCUT2D eigenvalue weighted by molar-refractivity contribution is 6.17. The summed E-state index contributed by atoms with van der Waals surface area (Å²) in [7, 11) is 0. The topological polar surface area (TPSA) is 85.9 Å². The van der Waals surface area contributed by atoms with Gasteiger partial charge in [0.2, 0.25) is 0 Å². The first-order chi connectivity index (χ1) is 17.7. The lowest BCUT2D eigenvalue weighted by atomic mass is 9.71. The Bertz CT molecular complexity index is 1350. The van der Waals surface area contributed by atoms with Gasteiger partial charge in [0.05, 0.1) is 24.5 Å². The summed E-state index contributed by atoms with van der Waals surface area (Å²) in [5.74, 6) is -1.19. The maximum absolute atomic E-state index is 14.0. The molecule has 2 N–H and O–H groups in total. The number of fused-ring (bicyclic) bond motifs is 3. The summed E-state index contributed by atoms with van der Waals surface area (Å²) in [4.78, 5) is 33.9. The van der Waals surface area contributed by atoms with E-state index in [9.17, 15) is 14.7 Å². The van der Waals surface area contributed by atoms with Crippen LogP contribution in [0.3, 0.4) is 0 Å². The van der Waals surface area contributed by atoms with Gasteiger partial charge >= 0.3 is 5.97 Å². The Hall–Kier alpha value is -3.42. The number of carbonyl (C=O) groups excluding carboxylic acids is 1. The number of rotatable bonds is 5. The van der Waals surface area contributed by atoms with Crippen molar-refractivity contribution < 1.29 is 19.4 Å². The summed E-state index contributed by atoms with van der Waals surface area (Å²) in [5.41, 5.74) is 3.66. The van der Waals surface area contributed by atoms with E-state index in [4.69, 9.17) is 4.74 Å². The molecule has 2 aliphatic rings. The molecular weight excluding hydrogens is 466 g/mol. The van der Waals surface area contributed by atoms with Crippen molar-refractivity contribution in [2.24, 2.45) is 5.92 Å². The molecule has 2 aromatic carbocycles. The molecule has 1 fully saturated rings. The van der Waals surface area contributed by atoms with E-state index in [0.29, 0.717) is 11.3 Å². The summed E-state index contributed by atoms with van der Waals surface area (Å²) in [6.45, 7) is 12.5. The zero-order chi connectivity index (χ0) is 26.3. The van der Waals surface area contributed by atoms with E-state index in [1.54, 1.807) is 11.1 Å². The van der Waals surface area contributed by atoms with E-state index < -0.39 is 11.4 Å². The van der Waals surface area contributed by atoms with E-state index in [1.165, 1.54) is 0 Å². The van der Waals surface area contributed by atoms with Crippen LogP contribution in [-0.2, 0) is 21.5 Å². The number of benzene rings is 2. The Balaban J connectivity index is 1.56. The molecule has 3 aromatic rings. The minimum absolute atomic E-state index is 0.0745. The quantitative estimate of drug-likeness (QED) is 0.520. The van der Waals surface area contributed by atoms with Crippen LogP contribution < -0.4 is 0 Å². The molecule has 1 amide bonds. The summed E-state index contributed by atoms with van der Waals surface area (Å²) in [6, 6.07) is 15.3. The Morgan fingerprint density at radius 1 is 1.08 bits per heavy atom. The zero-order valence-electron chi connectivity index (χ0n) is 22.0. The second-order valence-corrected chi connectivity index (χ2v) is 11.0. The number of hydrogen-bond acceptors (Lipinski definition) is 4. The van der Waals surface area contributed by atoms with Gasteiger partial charge in [-0.15, -0.1) is 0 Å². The molecule has 0 radical (unpaired) electrons. The molecule has 0 aliphatic carbocycles. The Morgan fingerprint density at radius 3 is 2.41 bits per heavy atom. The van der Waals surface area contributed by atoms with Crippen molar-refractivity contribution in [2.45, 2.75) is 45.7 Å². The lowest BCUT2D eigenvalue weighted by Crippen LogP contribution is -2.50. The van der Waals surface area contributed by atoms with E-state index in [-0.39, 0.29) is 23.4 Å². The standard InChI is InChI=1S/C30H35N3O4/c1-19(2)27-30(3,4)25-22-7-5-6-8-24(22)31-26(25)23(29(35)36)18-33(27)28(34)21-11-9-20(10-12-21)17-32-13-15-37-16-14-32/h5-12,18-19,27,31H,13-17H2,1-4H3,(H,35,36). The number of amides is 1. The minimum atomic E-state index is -1.06. The number of para-hydroxylation sites is 1. The molecule has 0 saturated carbocycles. The van der Waals surface area contributed by atoms with Crippen molar-refractivity contribution in [2.75, 3.05) is 26.3 Å². The van der Waals surface area contributed by atoms with Crippen LogP contribution in [0.2, 0.25) is 0 Å². The fraction of sp³-hybridized carbons (Fsp3) is 0.400. The predicted octanol–water partition coefficient (Wildman–Crippen LogP) is 4.88. The van der Waals surface area contributed by atoms with Gasteiger partial charge in [-0.2, -0.15) is 0 Å². The Labute approximate surface area is 217 Å². The van der Waals surface area contributed by atoms with Gasteiger partial charge in [-0.1, -0.05) is 58.0 Å². The zero-order valence-corrected chi connectivity index (χ0v) is 22.0. The first-order valence-electron chi connectivity index (χ1n) is 13.0. The van der Waals surface area contributed by atoms with E-state index in [2.05, 4.69) is 37.6 Å². The third-order valence-corrected chi connectivity index (χ3v) is 7.73. The number of hydrogen-bond donors (Lipinski definition) is 2. The van der Waals surface area contributed by atoms with Gasteiger partial charge in [0.15, 0.2) is 0 Å². The lowest BCUT2D eigenvalue weighted by molar-refractivity contribution is -0.130. The molecule has 1 atom stereocenters. The molecule has 0 spiro atoms. The fourth-order valence-corrected chi connectivity index (χ4v) is 6.21. The normalized spacial score (nSPS) is 20.0. The minimum Gasteiger partial charge on any atom is -0.478 e. The summed E-state index contributed by atoms with van der Waals surface area (Å²) in [5, 5.41) is 11.2. The van der Waals surface area contributed by atoms with Crippen molar-refractivity contribution in [1.29, 1.82) is 0 Å². The molecule has 1 aromatic heterocycles. The number of carboxylic acid groups (broad SMARTS) is 1. The summed E-state index contributed by atoms with van der Waals surface area (Å²) in [6.07, 6.45) is 1.54. The van der Waals surface area contributed by atoms with Gasteiger partial charge in [0, 0.05) is 53.8 Å². The van der Waals surface area contributed by atoms with Gasteiger partial charge in [0.1, 0.15) is 0 Å². The highest BCUT2D eigenvalue weighted by atomic mass is 16.5. The number of morpholine rings is 1. The van der Waals surface area contributed by atoms with E-state index in [1.807, 2.05) is 48.5 Å². The van der Waals surface area contributed by atoms with Crippen LogP contribution >= 0.6 is 0 Å². The van der Waals surface area contributed by atoms with Crippen molar-refractivity contribution in [3.63, 3.8) is 0 Å². The second kappa shape index (κ2) is 9.80. The van der Waals surface area contributed by atoms with Crippen LogP contribution in [0.4, 0.5) is 0 Å². The van der Waals surface area contributed by atoms with Crippen molar-refractivity contribution in [3.05, 3.63) is 77.1 Å². The molecule has 37 heavy (non-hydrogen) atoms. The number of aliphatic carboxylic acids is 1. The monoisotopic (exact) mass is 501 g/mol. The molecule has 3 heterocycles. The van der Waals surface area contributed by atoms with Crippen molar-refractivity contribution in [3.8, 4) is 0 Å². The Kier molecular flexibility index (Phi) is 6.68. The average Bonchev–Trinajstić information content (AvgIpc) is 3.22. The maximum Gasteiger partial charge on any atom is 0.339 e. The third-order valence-electron chi connectivity index (χ3n) is 7.73. The van der Waals surface area contributed by atoms with Gasteiger partial charge in [-0.3, -0.25) is 9.69 Å². The largest absolute Gasteiger partial charge is 0.478 e. The number of aromatic nitrogens is 1. The van der Waals surface area contributed by atoms with Crippen molar-refractivity contribution in [1.82, 2.24) is 14.8 Å². The first-order valence-corrected chi connectivity index (χ1v) is 13.0. The lowest BCUT2D eigenvalue weighted by Gasteiger charge is -2.42. The molecule has 194 valence electrons.